The Morgan fingerprint density at radius 3 is 2.39 bits per heavy atom. The lowest BCUT2D eigenvalue weighted by molar-refractivity contribution is 0.0988. The molecule has 0 aliphatic carbocycles. The third-order valence-corrected chi connectivity index (χ3v) is 3.72. The zero-order valence-electron chi connectivity index (χ0n) is 10.6. The molecule has 1 nitrogen and oxygen atoms in total. The number of ketones is 1. The molecular formula is C16H16OS. The zero-order valence-corrected chi connectivity index (χ0v) is 11.5. The SMILES string of the molecule is CCC(=O)c1ccc(Sc2cccc(C)c2)cc1. The van der Waals surface area contributed by atoms with Crippen molar-refractivity contribution in [2.75, 3.05) is 0 Å². The molecule has 0 N–H and O–H groups in total. The lowest BCUT2D eigenvalue weighted by Crippen LogP contribution is -1.95. The molecule has 2 rings (SSSR count). The fourth-order valence-corrected chi connectivity index (χ4v) is 2.66. The van der Waals surface area contributed by atoms with Gasteiger partial charge in [0.05, 0.1) is 0 Å². The van der Waals surface area contributed by atoms with Gasteiger partial charge >= 0.3 is 0 Å². The van der Waals surface area contributed by atoms with E-state index in [1.54, 1.807) is 11.8 Å². The van der Waals surface area contributed by atoms with Crippen LogP contribution < -0.4 is 0 Å². The number of carbonyl (C=O) groups excluding carboxylic acids is 1. The van der Waals surface area contributed by atoms with Crippen molar-refractivity contribution in [1.82, 2.24) is 0 Å². The molecule has 2 aromatic carbocycles. The fourth-order valence-electron chi connectivity index (χ4n) is 1.73. The first-order chi connectivity index (χ1) is 8.69. The van der Waals surface area contributed by atoms with Crippen molar-refractivity contribution in [2.45, 2.75) is 30.1 Å². The minimum absolute atomic E-state index is 0.196. The minimum Gasteiger partial charge on any atom is -0.294 e. The normalized spacial score (nSPS) is 10.3. The van der Waals surface area contributed by atoms with Crippen LogP contribution in [0, 0.1) is 6.92 Å². The summed E-state index contributed by atoms with van der Waals surface area (Å²) in [6.45, 7) is 3.98. The Labute approximate surface area is 112 Å². The first-order valence-electron chi connectivity index (χ1n) is 6.07. The van der Waals surface area contributed by atoms with Gasteiger partial charge in [-0.25, -0.2) is 0 Å². The first kappa shape index (κ1) is 12.9. The standard InChI is InChI=1S/C16H16OS/c1-3-16(17)13-7-9-14(10-8-13)18-15-6-4-5-12(2)11-15/h4-11H,3H2,1-2H3. The highest BCUT2D eigenvalue weighted by Crippen LogP contribution is 2.28. The second-order valence-corrected chi connectivity index (χ2v) is 5.37. The Morgan fingerprint density at radius 1 is 1.06 bits per heavy atom. The van der Waals surface area contributed by atoms with Crippen LogP contribution in [0.1, 0.15) is 29.3 Å². The molecule has 0 heterocycles. The molecular weight excluding hydrogens is 240 g/mol. The van der Waals surface area contributed by atoms with Crippen molar-refractivity contribution in [1.29, 1.82) is 0 Å². The van der Waals surface area contributed by atoms with Gasteiger partial charge in [0.25, 0.3) is 0 Å². The van der Waals surface area contributed by atoms with E-state index < -0.39 is 0 Å². The van der Waals surface area contributed by atoms with E-state index in [9.17, 15) is 4.79 Å². The lowest BCUT2D eigenvalue weighted by Gasteiger charge is -2.04. The Balaban J connectivity index is 2.13. The van der Waals surface area contributed by atoms with Gasteiger partial charge in [-0.1, -0.05) is 48.5 Å². The maximum atomic E-state index is 11.5. The zero-order chi connectivity index (χ0) is 13.0. The molecule has 2 aromatic rings. The third kappa shape index (κ3) is 3.23. The van der Waals surface area contributed by atoms with E-state index >= 15 is 0 Å². The predicted molar refractivity (Wildman–Crippen MR) is 76.4 cm³/mol. The number of Topliss-reactive ketones (excluding diaryl/α,β-unsaturated/α-hetero) is 1. The molecule has 0 aromatic heterocycles. The Bertz CT molecular complexity index is 543. The fraction of sp³-hybridized carbons (Fsp3) is 0.188. The quantitative estimate of drug-likeness (QED) is 0.735. The first-order valence-corrected chi connectivity index (χ1v) is 6.88. The van der Waals surface area contributed by atoms with Crippen LogP contribution in [0.25, 0.3) is 0 Å². The van der Waals surface area contributed by atoms with E-state index in [0.717, 1.165) is 10.5 Å². The van der Waals surface area contributed by atoms with Crippen LogP contribution in [0.15, 0.2) is 58.3 Å². The van der Waals surface area contributed by atoms with Crippen LogP contribution in [0.2, 0.25) is 0 Å². The second-order valence-electron chi connectivity index (χ2n) is 4.22. The number of aryl methyl sites for hydroxylation is 1. The topological polar surface area (TPSA) is 17.1 Å². The van der Waals surface area contributed by atoms with Gasteiger partial charge in [0.2, 0.25) is 0 Å². The van der Waals surface area contributed by atoms with E-state index in [1.165, 1.54) is 10.5 Å². The summed E-state index contributed by atoms with van der Waals surface area (Å²) in [6.07, 6.45) is 0.560. The van der Waals surface area contributed by atoms with Gasteiger partial charge in [0.15, 0.2) is 5.78 Å². The van der Waals surface area contributed by atoms with Crippen molar-refractivity contribution < 1.29 is 4.79 Å². The average Bonchev–Trinajstić information content (AvgIpc) is 2.39. The largest absolute Gasteiger partial charge is 0.294 e. The summed E-state index contributed by atoms with van der Waals surface area (Å²) < 4.78 is 0. The molecule has 0 amide bonds. The molecule has 0 saturated heterocycles. The van der Waals surface area contributed by atoms with E-state index in [2.05, 4.69) is 31.2 Å². The Kier molecular flexibility index (Phi) is 4.21. The van der Waals surface area contributed by atoms with Crippen molar-refractivity contribution >= 4 is 17.5 Å². The highest BCUT2D eigenvalue weighted by Gasteiger charge is 2.03. The lowest BCUT2D eigenvalue weighted by atomic mass is 10.1. The van der Waals surface area contributed by atoms with E-state index in [4.69, 9.17) is 0 Å². The minimum atomic E-state index is 0.196. The molecule has 0 bridgehead atoms. The summed E-state index contributed by atoms with van der Waals surface area (Å²) in [7, 11) is 0. The van der Waals surface area contributed by atoms with E-state index in [-0.39, 0.29) is 5.78 Å². The Morgan fingerprint density at radius 2 is 1.78 bits per heavy atom. The summed E-state index contributed by atoms with van der Waals surface area (Å²) >= 11 is 1.72. The molecule has 0 spiro atoms. The molecule has 0 unspecified atom stereocenters. The van der Waals surface area contributed by atoms with Gasteiger partial charge < -0.3 is 0 Å². The number of hydrogen-bond acceptors (Lipinski definition) is 2. The number of carbonyl (C=O) groups is 1. The van der Waals surface area contributed by atoms with Crippen molar-refractivity contribution in [3.63, 3.8) is 0 Å². The van der Waals surface area contributed by atoms with Crippen LogP contribution in [0.4, 0.5) is 0 Å². The molecule has 18 heavy (non-hydrogen) atoms. The van der Waals surface area contributed by atoms with Gasteiger partial charge in [0.1, 0.15) is 0 Å². The summed E-state index contributed by atoms with van der Waals surface area (Å²) in [5, 5.41) is 0. The van der Waals surface area contributed by atoms with Crippen molar-refractivity contribution in [2.24, 2.45) is 0 Å². The average molecular weight is 256 g/mol. The summed E-state index contributed by atoms with van der Waals surface area (Å²) in [5.74, 6) is 0.196. The second kappa shape index (κ2) is 5.87. The van der Waals surface area contributed by atoms with Crippen molar-refractivity contribution in [3.8, 4) is 0 Å². The molecule has 0 aliphatic rings. The number of benzene rings is 2. The van der Waals surface area contributed by atoms with Crippen molar-refractivity contribution in [3.05, 3.63) is 59.7 Å². The summed E-state index contributed by atoms with van der Waals surface area (Å²) in [4.78, 5) is 13.9. The molecule has 2 heteroatoms. The highest BCUT2D eigenvalue weighted by molar-refractivity contribution is 7.99. The Hall–Kier alpha value is -1.54. The molecule has 0 aliphatic heterocycles. The summed E-state index contributed by atoms with van der Waals surface area (Å²) in [5.41, 5.74) is 2.06. The number of hydrogen-bond donors (Lipinski definition) is 0. The van der Waals surface area contributed by atoms with Crippen LogP contribution in [0.5, 0.6) is 0 Å². The van der Waals surface area contributed by atoms with Crippen LogP contribution in [-0.2, 0) is 0 Å². The highest BCUT2D eigenvalue weighted by atomic mass is 32.2. The molecule has 0 radical (unpaired) electrons. The van der Waals surface area contributed by atoms with Crippen LogP contribution in [-0.4, -0.2) is 5.78 Å². The number of rotatable bonds is 4. The molecule has 92 valence electrons. The van der Waals surface area contributed by atoms with E-state index in [1.807, 2.05) is 31.2 Å². The third-order valence-electron chi connectivity index (χ3n) is 2.72. The maximum absolute atomic E-state index is 11.5. The van der Waals surface area contributed by atoms with Crippen LogP contribution >= 0.6 is 11.8 Å². The van der Waals surface area contributed by atoms with Crippen LogP contribution in [0.3, 0.4) is 0 Å². The van der Waals surface area contributed by atoms with Gasteiger partial charge in [-0.15, -0.1) is 0 Å². The van der Waals surface area contributed by atoms with Gasteiger partial charge in [-0.3, -0.25) is 4.79 Å². The predicted octanol–water partition coefficient (Wildman–Crippen LogP) is 4.74. The van der Waals surface area contributed by atoms with Gasteiger partial charge in [0, 0.05) is 21.8 Å². The van der Waals surface area contributed by atoms with Gasteiger partial charge in [-0.2, -0.15) is 0 Å². The van der Waals surface area contributed by atoms with E-state index in [0.29, 0.717) is 6.42 Å². The molecule has 0 atom stereocenters. The monoisotopic (exact) mass is 256 g/mol. The smallest absolute Gasteiger partial charge is 0.162 e. The maximum Gasteiger partial charge on any atom is 0.162 e. The molecule has 0 saturated carbocycles. The summed E-state index contributed by atoms with van der Waals surface area (Å²) in [6, 6.07) is 16.2. The molecule has 0 fully saturated rings. The van der Waals surface area contributed by atoms with Gasteiger partial charge in [-0.05, 0) is 31.2 Å².